The molecule has 1 atom stereocenters. The molecule has 14 heavy (non-hydrogen) atoms. The van der Waals surface area contributed by atoms with Crippen LogP contribution in [0.3, 0.4) is 0 Å². The second kappa shape index (κ2) is 5.00. The van der Waals surface area contributed by atoms with Crippen LogP contribution in [-0.2, 0) is 9.53 Å². The number of thioether (sulfide) groups is 1. The molecule has 1 aromatic rings. The summed E-state index contributed by atoms with van der Waals surface area (Å²) in [5, 5.41) is -0.273. The van der Waals surface area contributed by atoms with Gasteiger partial charge in [-0.05, 0) is 31.2 Å². The minimum absolute atomic E-state index is 0.273. The molecule has 0 spiro atoms. The van der Waals surface area contributed by atoms with Crippen LogP contribution in [0.2, 0.25) is 0 Å². The summed E-state index contributed by atoms with van der Waals surface area (Å²) in [6, 6.07) is 6.01. The first-order valence-electron chi connectivity index (χ1n) is 4.13. The number of hydrogen-bond acceptors (Lipinski definition) is 3. The molecule has 0 aliphatic heterocycles. The zero-order valence-electron chi connectivity index (χ0n) is 7.99. The molecule has 0 aliphatic carbocycles. The predicted molar refractivity (Wildman–Crippen MR) is 53.7 cm³/mol. The second-order valence-electron chi connectivity index (χ2n) is 2.74. The lowest BCUT2D eigenvalue weighted by molar-refractivity contribution is -0.139. The van der Waals surface area contributed by atoms with E-state index in [4.69, 9.17) is 0 Å². The van der Waals surface area contributed by atoms with Gasteiger partial charge in [-0.2, -0.15) is 0 Å². The summed E-state index contributed by atoms with van der Waals surface area (Å²) in [4.78, 5) is 11.9. The average molecular weight is 214 g/mol. The molecule has 0 heterocycles. The fourth-order valence-electron chi connectivity index (χ4n) is 0.931. The summed E-state index contributed by atoms with van der Waals surface area (Å²) < 4.78 is 17.1. The predicted octanol–water partition coefficient (Wildman–Crippen LogP) is 2.48. The van der Waals surface area contributed by atoms with Crippen LogP contribution in [0, 0.1) is 5.82 Å². The smallest absolute Gasteiger partial charge is 0.318 e. The molecule has 0 amide bonds. The molecule has 76 valence electrons. The van der Waals surface area contributed by atoms with Crippen molar-refractivity contribution < 1.29 is 13.9 Å². The van der Waals surface area contributed by atoms with E-state index >= 15 is 0 Å². The molecule has 0 fully saturated rings. The monoisotopic (exact) mass is 214 g/mol. The first kappa shape index (κ1) is 11.0. The molecule has 0 radical (unpaired) electrons. The lowest BCUT2D eigenvalue weighted by Gasteiger charge is -2.08. The van der Waals surface area contributed by atoms with E-state index in [0.717, 1.165) is 4.90 Å². The minimum atomic E-state index is -0.278. The zero-order chi connectivity index (χ0) is 10.6. The van der Waals surface area contributed by atoms with Gasteiger partial charge in [-0.3, -0.25) is 4.79 Å². The van der Waals surface area contributed by atoms with Gasteiger partial charge in [0.1, 0.15) is 11.1 Å². The maximum atomic E-state index is 12.5. The first-order chi connectivity index (χ1) is 6.63. The topological polar surface area (TPSA) is 26.3 Å². The van der Waals surface area contributed by atoms with E-state index in [2.05, 4.69) is 4.74 Å². The van der Waals surface area contributed by atoms with Crippen LogP contribution in [0.1, 0.15) is 6.92 Å². The van der Waals surface area contributed by atoms with Gasteiger partial charge in [0, 0.05) is 4.90 Å². The molecule has 4 heteroatoms. The zero-order valence-corrected chi connectivity index (χ0v) is 8.81. The molecule has 0 aliphatic rings. The molecule has 0 N–H and O–H groups in total. The Morgan fingerprint density at radius 2 is 2.00 bits per heavy atom. The summed E-state index contributed by atoms with van der Waals surface area (Å²) in [5.74, 6) is -0.556. The Kier molecular flexibility index (Phi) is 3.95. The maximum Gasteiger partial charge on any atom is 0.318 e. The Balaban J connectivity index is 2.60. The van der Waals surface area contributed by atoms with Crippen molar-refractivity contribution in [1.29, 1.82) is 0 Å². The summed E-state index contributed by atoms with van der Waals surface area (Å²) in [7, 11) is 1.35. The number of carbonyl (C=O) groups excluding carboxylic acids is 1. The van der Waals surface area contributed by atoms with Crippen LogP contribution in [-0.4, -0.2) is 18.3 Å². The number of ether oxygens (including phenoxy) is 1. The summed E-state index contributed by atoms with van der Waals surface area (Å²) in [6.45, 7) is 1.75. The molecule has 0 saturated heterocycles. The van der Waals surface area contributed by atoms with Gasteiger partial charge in [-0.1, -0.05) is 0 Å². The summed E-state index contributed by atoms with van der Waals surface area (Å²) in [5.41, 5.74) is 0. The number of benzene rings is 1. The Morgan fingerprint density at radius 1 is 1.43 bits per heavy atom. The molecular formula is C10H11FO2S. The van der Waals surface area contributed by atoms with Crippen molar-refractivity contribution in [2.24, 2.45) is 0 Å². The third kappa shape index (κ3) is 3.03. The molecule has 2 nitrogen and oxygen atoms in total. The van der Waals surface area contributed by atoms with Crippen molar-refractivity contribution in [2.45, 2.75) is 17.1 Å². The molecule has 0 saturated carbocycles. The van der Waals surface area contributed by atoms with Crippen molar-refractivity contribution in [3.8, 4) is 0 Å². The van der Waals surface area contributed by atoms with Crippen LogP contribution < -0.4 is 0 Å². The molecule has 1 unspecified atom stereocenters. The number of carbonyl (C=O) groups is 1. The Hall–Kier alpha value is -1.03. The van der Waals surface area contributed by atoms with Crippen LogP contribution in [0.4, 0.5) is 4.39 Å². The van der Waals surface area contributed by atoms with E-state index in [0.29, 0.717) is 0 Å². The highest BCUT2D eigenvalue weighted by atomic mass is 32.2. The van der Waals surface area contributed by atoms with Crippen LogP contribution >= 0.6 is 11.8 Å². The molecular weight excluding hydrogens is 203 g/mol. The van der Waals surface area contributed by atoms with Crippen LogP contribution in [0.25, 0.3) is 0 Å². The normalized spacial score (nSPS) is 12.2. The van der Waals surface area contributed by atoms with Crippen LogP contribution in [0.5, 0.6) is 0 Å². The number of halogens is 1. The van der Waals surface area contributed by atoms with Crippen molar-refractivity contribution in [3.05, 3.63) is 30.1 Å². The lowest BCUT2D eigenvalue weighted by Crippen LogP contribution is -2.14. The third-order valence-corrected chi connectivity index (χ3v) is 2.75. The van der Waals surface area contributed by atoms with Crippen LogP contribution in [0.15, 0.2) is 29.2 Å². The van der Waals surface area contributed by atoms with Gasteiger partial charge in [-0.25, -0.2) is 4.39 Å². The highest BCUT2D eigenvalue weighted by molar-refractivity contribution is 8.00. The van der Waals surface area contributed by atoms with E-state index < -0.39 is 0 Å². The number of methoxy groups -OCH3 is 1. The van der Waals surface area contributed by atoms with Gasteiger partial charge < -0.3 is 4.74 Å². The Bertz CT molecular complexity index is 310. The Morgan fingerprint density at radius 3 is 2.50 bits per heavy atom. The average Bonchev–Trinajstić information content (AvgIpc) is 2.20. The fourth-order valence-corrected chi connectivity index (χ4v) is 1.83. The molecule has 0 aromatic heterocycles. The molecule has 1 aromatic carbocycles. The largest absolute Gasteiger partial charge is 0.468 e. The highest BCUT2D eigenvalue weighted by Gasteiger charge is 2.13. The molecule has 0 bridgehead atoms. The number of hydrogen-bond donors (Lipinski definition) is 0. The van der Waals surface area contributed by atoms with E-state index in [1.54, 1.807) is 19.1 Å². The SMILES string of the molecule is COC(=O)C(C)Sc1ccc(F)cc1. The number of rotatable bonds is 3. The standard InChI is InChI=1S/C10H11FO2S/c1-7(10(12)13-2)14-9-5-3-8(11)4-6-9/h3-7H,1-2H3. The van der Waals surface area contributed by atoms with Crippen molar-refractivity contribution in [3.63, 3.8) is 0 Å². The lowest BCUT2D eigenvalue weighted by atomic mass is 10.3. The quantitative estimate of drug-likeness (QED) is 0.571. The maximum absolute atomic E-state index is 12.5. The Labute approximate surface area is 86.5 Å². The van der Waals surface area contributed by atoms with Gasteiger partial charge in [-0.15, -0.1) is 11.8 Å². The minimum Gasteiger partial charge on any atom is -0.468 e. The highest BCUT2D eigenvalue weighted by Crippen LogP contribution is 2.23. The summed E-state index contributed by atoms with van der Waals surface area (Å²) >= 11 is 1.34. The molecule has 1 rings (SSSR count). The van der Waals surface area contributed by atoms with Crippen molar-refractivity contribution in [1.82, 2.24) is 0 Å². The van der Waals surface area contributed by atoms with E-state index in [1.165, 1.54) is 31.0 Å². The van der Waals surface area contributed by atoms with Gasteiger partial charge in [0.05, 0.1) is 7.11 Å². The van der Waals surface area contributed by atoms with Gasteiger partial charge >= 0.3 is 5.97 Å². The number of esters is 1. The first-order valence-corrected chi connectivity index (χ1v) is 5.01. The van der Waals surface area contributed by atoms with Crippen molar-refractivity contribution in [2.75, 3.05) is 7.11 Å². The van der Waals surface area contributed by atoms with Crippen molar-refractivity contribution >= 4 is 17.7 Å². The van der Waals surface area contributed by atoms with E-state index in [-0.39, 0.29) is 17.0 Å². The fraction of sp³-hybridized carbons (Fsp3) is 0.300. The van der Waals surface area contributed by atoms with E-state index in [9.17, 15) is 9.18 Å². The third-order valence-electron chi connectivity index (χ3n) is 1.66. The van der Waals surface area contributed by atoms with Gasteiger partial charge in [0.2, 0.25) is 0 Å². The summed E-state index contributed by atoms with van der Waals surface area (Å²) in [6.07, 6.45) is 0. The second-order valence-corrected chi connectivity index (χ2v) is 4.15. The van der Waals surface area contributed by atoms with Gasteiger partial charge in [0.25, 0.3) is 0 Å². The van der Waals surface area contributed by atoms with E-state index in [1.807, 2.05) is 0 Å². The van der Waals surface area contributed by atoms with Gasteiger partial charge in [0.15, 0.2) is 0 Å².